The smallest absolute Gasteiger partial charge is 0.335 e. The number of aryl methyl sites for hydroxylation is 3. The van der Waals surface area contributed by atoms with Crippen LogP contribution in [0.25, 0.3) is 10.8 Å². The molecule has 25 nitrogen and oxygen atoms in total. The number of carboxylic acid groups (broad SMARTS) is 1. The maximum atomic E-state index is 12.4. The maximum Gasteiger partial charge on any atom is 0.335 e. The Hall–Kier alpha value is -9.86. The molecule has 0 saturated carbocycles. The number of hydrogen-bond donors (Lipinski definition) is 5. The van der Waals surface area contributed by atoms with E-state index in [-0.39, 0.29) is 133 Å². The fourth-order valence-corrected chi connectivity index (χ4v) is 12.2. The van der Waals surface area contributed by atoms with Crippen LogP contribution in [0.1, 0.15) is 211 Å². The molecule has 0 bridgehead atoms. The molecule has 119 heavy (non-hydrogen) atoms. The Kier molecular flexibility index (Phi) is 53.1. The molecule has 7 rings (SSSR count). The number of rotatable bonds is 59. The predicted octanol–water partition coefficient (Wildman–Crippen LogP) is 13.6. The number of carbonyl (C=O) groups is 10. The standard InChI is InChI=1S/C27H40N2O4.C24H30O4.C23H33N3O3.C20H28N2O7/c1-3-15-32-17-13-28-27(31)12-16-33-18-14-29(20-24-8-10-25(22-30)11-9-24)21-26-7-5-6-23(4-2)19-26;1-3-13-28-14-12-23(26)10-11-24(27)17-22(18(2)25)16-19-8-9-20-6-4-5-7-21(20)15-19;1-3-15-29-16-14-26-18-22(24-25-26)10-7-11-23(28)17-21(19(2)27)13-12-20-8-5-4-6-9-20;1-3-8-28-9-6-21-18(24)4-5-19(25)22-7-10-29-17-12-15(14(2)23)11-16(13-17)20(26)27/h5-11,19,30H,3-4,12-18,20-22H2,1-2H3,(H,28,31);4-9,15,22H,3,10-14,16-17H2,1-2H3;4-6,8-9,18,21H,3,7,10-17H2,1-2H3;11-13H,3-10H2,1-2H3,(H,21,24)(H,22,25)(H,26,27). The van der Waals surface area contributed by atoms with Gasteiger partial charge in [0.25, 0.3) is 0 Å². The van der Waals surface area contributed by atoms with Crippen LogP contribution in [0, 0.1) is 11.8 Å². The zero-order valence-electron chi connectivity index (χ0n) is 71.6. The lowest BCUT2D eigenvalue weighted by Crippen LogP contribution is -2.31. The number of aromatic carboxylic acids is 1. The molecule has 25 heteroatoms. The first-order valence-electron chi connectivity index (χ1n) is 42.2. The second kappa shape index (κ2) is 62.3. The number of carboxylic acids is 1. The summed E-state index contributed by atoms with van der Waals surface area (Å²) in [6.07, 6.45) is 12.6. The number of benzene rings is 6. The molecule has 7 aromatic rings. The van der Waals surface area contributed by atoms with Crippen LogP contribution in [0.15, 0.2) is 146 Å². The third kappa shape index (κ3) is 46.9. The number of amides is 3. The van der Waals surface area contributed by atoms with Gasteiger partial charge in [-0.15, -0.1) is 5.10 Å². The number of carbonyl (C=O) groups excluding carboxylic acids is 9. The molecule has 1 heterocycles. The largest absolute Gasteiger partial charge is 0.492 e. The Labute approximate surface area is 704 Å². The van der Waals surface area contributed by atoms with Crippen molar-refractivity contribution >= 4 is 69.2 Å². The second-order valence-corrected chi connectivity index (χ2v) is 29.3. The lowest BCUT2D eigenvalue weighted by molar-refractivity contribution is -0.128. The van der Waals surface area contributed by atoms with Crippen LogP contribution in [-0.2, 0) is 114 Å². The van der Waals surface area contributed by atoms with Gasteiger partial charge < -0.3 is 54.6 Å². The summed E-state index contributed by atoms with van der Waals surface area (Å²) in [4.78, 5) is 121. The summed E-state index contributed by atoms with van der Waals surface area (Å²) in [5, 5.41) is 37.0. The minimum atomic E-state index is -1.17. The molecule has 0 aliphatic carbocycles. The van der Waals surface area contributed by atoms with E-state index < -0.39 is 5.97 Å². The van der Waals surface area contributed by atoms with E-state index in [1.807, 2.05) is 80.7 Å². The highest BCUT2D eigenvalue weighted by atomic mass is 16.5. The van der Waals surface area contributed by atoms with Crippen molar-refractivity contribution < 1.29 is 86.6 Å². The van der Waals surface area contributed by atoms with E-state index >= 15 is 0 Å². The first kappa shape index (κ1) is 101. The van der Waals surface area contributed by atoms with E-state index in [2.05, 4.69) is 113 Å². The van der Waals surface area contributed by atoms with Crippen molar-refractivity contribution in [1.82, 2.24) is 35.8 Å². The van der Waals surface area contributed by atoms with Crippen LogP contribution < -0.4 is 20.7 Å². The van der Waals surface area contributed by atoms with Crippen molar-refractivity contribution in [3.05, 3.63) is 196 Å². The fraction of sp³-hybridized carbons (Fsp3) is 0.511. The van der Waals surface area contributed by atoms with Crippen molar-refractivity contribution in [2.24, 2.45) is 11.8 Å². The third-order valence-electron chi connectivity index (χ3n) is 19.0. The van der Waals surface area contributed by atoms with Crippen molar-refractivity contribution in [2.75, 3.05) is 98.9 Å². The highest BCUT2D eigenvalue weighted by molar-refractivity contribution is 5.98. The summed E-state index contributed by atoms with van der Waals surface area (Å²) < 4.78 is 34.3. The molecule has 0 aliphatic rings. The van der Waals surface area contributed by atoms with Gasteiger partial charge in [-0.2, -0.15) is 0 Å². The SMILES string of the molecule is CCCOCCC(=O)CCC(=O)CC(Cc1ccc2ccccc2c1)C(C)=O.CCCOCCNC(=O)CCC(=O)NCCOc1cc(C(C)=O)cc(C(=O)O)c1.CCCOCCNC(=O)CCOCCN(Cc1ccc(CO)cc1)Cc1cccc(CC)c1.CCCOCCn1cc(CCCC(=O)CC(CCc2ccccc2)C(C)=O)nn1. The highest BCUT2D eigenvalue weighted by Gasteiger charge is 2.22. The molecule has 3 amide bonds. The van der Waals surface area contributed by atoms with Gasteiger partial charge in [0.2, 0.25) is 17.7 Å². The Morgan fingerprint density at radius 2 is 0.983 bits per heavy atom. The van der Waals surface area contributed by atoms with E-state index in [4.69, 9.17) is 33.5 Å². The van der Waals surface area contributed by atoms with E-state index in [9.17, 15) is 53.1 Å². The highest BCUT2D eigenvalue weighted by Crippen LogP contribution is 2.23. The molecular formula is C94H131N7O18. The Morgan fingerprint density at radius 3 is 1.61 bits per heavy atom. The summed E-state index contributed by atoms with van der Waals surface area (Å²) in [5.74, 6) is -1.98. The Bertz CT molecular complexity index is 4080. The molecule has 2 unspecified atom stereocenters. The second-order valence-electron chi connectivity index (χ2n) is 29.3. The Morgan fingerprint density at radius 1 is 0.454 bits per heavy atom. The molecular weight excluding hydrogens is 1520 g/mol. The van der Waals surface area contributed by atoms with Crippen molar-refractivity contribution in [2.45, 2.75) is 204 Å². The molecule has 1 aromatic heterocycles. The van der Waals surface area contributed by atoms with E-state index in [1.165, 1.54) is 54.3 Å². The van der Waals surface area contributed by atoms with Crippen LogP contribution in [0.2, 0.25) is 0 Å². The molecule has 650 valence electrons. The van der Waals surface area contributed by atoms with Gasteiger partial charge in [-0.3, -0.25) is 48.1 Å². The van der Waals surface area contributed by atoms with Gasteiger partial charge in [0.05, 0.1) is 70.6 Å². The van der Waals surface area contributed by atoms with E-state index in [0.717, 1.165) is 118 Å². The number of ether oxygens (including phenoxy) is 6. The first-order valence-corrected chi connectivity index (χ1v) is 42.2. The van der Waals surface area contributed by atoms with Gasteiger partial charge in [0.1, 0.15) is 41.3 Å². The van der Waals surface area contributed by atoms with E-state index in [0.29, 0.717) is 105 Å². The number of fused-ring (bicyclic) bond motifs is 1. The summed E-state index contributed by atoms with van der Waals surface area (Å²) in [6, 6.07) is 45.1. The van der Waals surface area contributed by atoms with Gasteiger partial charge in [-0.1, -0.05) is 161 Å². The number of nitrogens with zero attached hydrogens (tertiary/aromatic N) is 4. The number of hydrogen-bond acceptors (Lipinski definition) is 20. The first-order chi connectivity index (χ1) is 57.5. The number of ketones is 6. The van der Waals surface area contributed by atoms with Crippen LogP contribution >= 0.6 is 0 Å². The molecule has 2 atom stereocenters. The minimum absolute atomic E-state index is 0.00712. The fourth-order valence-electron chi connectivity index (χ4n) is 12.2. The number of nitrogens with one attached hydrogen (secondary N) is 3. The number of aliphatic hydroxyl groups is 1. The van der Waals surface area contributed by atoms with Gasteiger partial charge >= 0.3 is 5.97 Å². The molecule has 6 aromatic carbocycles. The van der Waals surface area contributed by atoms with Crippen molar-refractivity contribution in [3.63, 3.8) is 0 Å². The zero-order valence-corrected chi connectivity index (χ0v) is 71.6. The van der Waals surface area contributed by atoms with Crippen molar-refractivity contribution in [3.8, 4) is 5.75 Å². The maximum absolute atomic E-state index is 12.4. The minimum Gasteiger partial charge on any atom is -0.492 e. The van der Waals surface area contributed by atoms with Gasteiger partial charge in [0, 0.05) is 141 Å². The molecule has 0 saturated heterocycles. The van der Waals surface area contributed by atoms with Gasteiger partial charge in [0.15, 0.2) is 5.78 Å². The number of aromatic nitrogens is 3. The molecule has 0 radical (unpaired) electrons. The summed E-state index contributed by atoms with van der Waals surface area (Å²) >= 11 is 0. The molecule has 0 aliphatic heterocycles. The van der Waals surface area contributed by atoms with E-state index in [1.54, 1.807) is 11.6 Å². The molecule has 5 N–H and O–H groups in total. The Balaban J connectivity index is 0.000000334. The van der Waals surface area contributed by atoms with Crippen LogP contribution in [-0.4, -0.2) is 187 Å². The summed E-state index contributed by atoms with van der Waals surface area (Å²) in [6.45, 7) is 24.9. The predicted molar refractivity (Wildman–Crippen MR) is 461 cm³/mol. The van der Waals surface area contributed by atoms with Crippen molar-refractivity contribution in [1.29, 1.82) is 0 Å². The summed E-state index contributed by atoms with van der Waals surface area (Å²) in [5.41, 5.74) is 8.06. The van der Waals surface area contributed by atoms with Gasteiger partial charge in [-0.25, -0.2) is 9.48 Å². The molecule has 0 spiro atoms. The van der Waals surface area contributed by atoms with Crippen LogP contribution in [0.3, 0.4) is 0 Å². The number of aliphatic hydroxyl groups excluding tert-OH is 1. The average Bonchev–Trinajstić information content (AvgIpc) is 1.28. The van der Waals surface area contributed by atoms with Crippen LogP contribution in [0.4, 0.5) is 0 Å². The molecule has 0 fully saturated rings. The quantitative estimate of drug-likeness (QED) is 0.0175. The lowest BCUT2D eigenvalue weighted by atomic mass is 9.89. The lowest BCUT2D eigenvalue weighted by Gasteiger charge is -2.23. The number of Topliss-reactive ketones (excluding diaryl/α,β-unsaturated/α-hetero) is 6. The van der Waals surface area contributed by atoms with Gasteiger partial charge in [-0.05, 0) is 147 Å². The monoisotopic (exact) mass is 1650 g/mol. The summed E-state index contributed by atoms with van der Waals surface area (Å²) in [7, 11) is 0. The zero-order chi connectivity index (χ0) is 86.6. The third-order valence-corrected chi connectivity index (χ3v) is 19.0. The van der Waals surface area contributed by atoms with Crippen LogP contribution in [0.5, 0.6) is 5.75 Å². The topological polar surface area (TPSA) is 337 Å². The average molecular weight is 1650 g/mol. The normalized spacial score (nSPS) is 11.4.